The van der Waals surface area contributed by atoms with Crippen molar-refractivity contribution in [1.29, 1.82) is 0 Å². The number of hydrogen-bond acceptors (Lipinski definition) is 9. The van der Waals surface area contributed by atoms with E-state index in [0.29, 0.717) is 11.2 Å². The number of anilines is 1. The largest absolute Gasteiger partial charge is 0.465 e. The minimum absolute atomic E-state index is 0.0260. The number of esters is 2. The highest BCUT2D eigenvalue weighted by atomic mass is 31.2. The smallest absolute Gasteiger partial charge is 0.323 e. The van der Waals surface area contributed by atoms with Gasteiger partial charge < -0.3 is 19.8 Å². The van der Waals surface area contributed by atoms with Crippen LogP contribution in [0, 0.1) is 0 Å². The third-order valence-corrected chi connectivity index (χ3v) is 7.51. The van der Waals surface area contributed by atoms with Gasteiger partial charge in [0, 0.05) is 5.82 Å². The summed E-state index contributed by atoms with van der Waals surface area (Å²) in [4.78, 5) is 47.3. The summed E-state index contributed by atoms with van der Waals surface area (Å²) >= 11 is 0. The molecule has 0 saturated carbocycles. The lowest BCUT2D eigenvalue weighted by atomic mass is 10.1. The van der Waals surface area contributed by atoms with Gasteiger partial charge in [0.25, 0.3) is 5.56 Å². The summed E-state index contributed by atoms with van der Waals surface area (Å²) in [7, 11) is -3.67. The molecule has 14 heteroatoms. The fourth-order valence-corrected chi connectivity index (χ4v) is 5.61. The summed E-state index contributed by atoms with van der Waals surface area (Å²) in [6.45, 7) is 7.01. The second-order valence-corrected chi connectivity index (χ2v) is 10.5. The van der Waals surface area contributed by atoms with E-state index in [1.165, 1.54) is 26.0 Å². The number of aromatic nitrogens is 4. The van der Waals surface area contributed by atoms with Crippen LogP contribution in [0.1, 0.15) is 38.8 Å². The number of imidazole rings is 1. The molecule has 2 unspecified atom stereocenters. The standard InChI is InChI=1S/C24H32N7O6P/c1-5-36-22(33)15(3)29-38(35,30-16(4)23(34)37-6-2)12-11-17-9-7-8-10-18(17)13-31-14-26-19-20(31)27-24(25)28-21(19)32/h7-12,14-16H,5-6,13H2,1-4H3,(H2,29,30,35)(H3,25,27,28,32)/b12-11+/t15-,16?,38?/m0/s1. The molecule has 0 fully saturated rings. The van der Waals surface area contributed by atoms with Crippen LogP contribution in [0.3, 0.4) is 0 Å². The number of hydrogen-bond donors (Lipinski definition) is 4. The van der Waals surface area contributed by atoms with Crippen LogP contribution in [0.5, 0.6) is 0 Å². The van der Waals surface area contributed by atoms with Gasteiger partial charge in [-0.2, -0.15) is 4.98 Å². The second kappa shape index (κ2) is 12.6. The molecule has 0 amide bonds. The Morgan fingerprint density at radius 1 is 1.13 bits per heavy atom. The number of nitrogens with one attached hydrogen (secondary N) is 3. The van der Waals surface area contributed by atoms with E-state index >= 15 is 0 Å². The van der Waals surface area contributed by atoms with Crippen LogP contribution in [-0.2, 0) is 30.2 Å². The summed E-state index contributed by atoms with van der Waals surface area (Å²) in [5.74, 6) is 0.202. The zero-order chi connectivity index (χ0) is 27.9. The molecule has 3 atom stereocenters. The lowest BCUT2D eigenvalue weighted by molar-refractivity contribution is -0.145. The lowest BCUT2D eigenvalue weighted by Gasteiger charge is -2.24. The molecule has 0 saturated heterocycles. The number of carbonyl (C=O) groups is 2. The van der Waals surface area contributed by atoms with Crippen LogP contribution < -0.4 is 21.5 Å². The summed E-state index contributed by atoms with van der Waals surface area (Å²) in [5.41, 5.74) is 7.24. The topological polar surface area (TPSA) is 183 Å². The Balaban J connectivity index is 1.93. The number of fused-ring (bicyclic) bond motifs is 1. The molecule has 0 spiro atoms. The molecule has 0 aliphatic rings. The lowest BCUT2D eigenvalue weighted by Crippen LogP contribution is -2.41. The number of nitrogens with zero attached hydrogens (tertiary/aromatic N) is 3. The SMILES string of the molecule is CCOC(=O)C(C)NP(=O)(/C=C/c1ccccc1Cn1cnc2c(=O)[nH]c(N)nc21)N[C@@H](C)C(=O)OCC. The van der Waals surface area contributed by atoms with Gasteiger partial charge in [-0.15, -0.1) is 0 Å². The summed E-state index contributed by atoms with van der Waals surface area (Å²) in [6.07, 6.45) is 3.11. The Kier molecular flexibility index (Phi) is 9.56. The predicted octanol–water partition coefficient (Wildman–Crippen LogP) is 2.00. The van der Waals surface area contributed by atoms with Crippen molar-refractivity contribution in [2.45, 2.75) is 46.3 Å². The van der Waals surface area contributed by atoms with E-state index in [2.05, 4.69) is 25.1 Å². The number of nitrogen functional groups attached to an aromatic ring is 1. The van der Waals surface area contributed by atoms with Gasteiger partial charge >= 0.3 is 11.9 Å². The minimum atomic E-state index is -3.67. The Labute approximate surface area is 219 Å². The first-order chi connectivity index (χ1) is 18.1. The Hall–Kier alpha value is -3.80. The van der Waals surface area contributed by atoms with Gasteiger partial charge in [0.15, 0.2) is 11.2 Å². The van der Waals surface area contributed by atoms with Gasteiger partial charge in [-0.3, -0.25) is 23.9 Å². The van der Waals surface area contributed by atoms with E-state index in [1.807, 2.05) is 24.3 Å². The average molecular weight is 546 g/mol. The van der Waals surface area contributed by atoms with Crippen molar-refractivity contribution < 1.29 is 23.6 Å². The molecule has 3 rings (SSSR count). The third kappa shape index (κ3) is 7.15. The van der Waals surface area contributed by atoms with Crippen LogP contribution in [0.4, 0.5) is 5.95 Å². The maximum atomic E-state index is 13.9. The van der Waals surface area contributed by atoms with Gasteiger partial charge in [0.1, 0.15) is 12.1 Å². The molecule has 3 aromatic rings. The normalized spacial score (nSPS) is 14.7. The highest BCUT2D eigenvalue weighted by molar-refractivity contribution is 7.63. The first-order valence-electron chi connectivity index (χ1n) is 12.0. The van der Waals surface area contributed by atoms with Crippen molar-refractivity contribution in [3.05, 3.63) is 57.9 Å². The van der Waals surface area contributed by atoms with E-state index in [4.69, 9.17) is 15.2 Å². The molecule has 13 nitrogen and oxygen atoms in total. The number of H-pyrrole nitrogens is 1. The van der Waals surface area contributed by atoms with Crippen LogP contribution in [0.2, 0.25) is 0 Å². The monoisotopic (exact) mass is 545 g/mol. The molecule has 204 valence electrons. The number of aromatic amines is 1. The van der Waals surface area contributed by atoms with Crippen molar-refractivity contribution in [3.63, 3.8) is 0 Å². The molecular weight excluding hydrogens is 513 g/mol. The number of nitrogens with two attached hydrogens (primary N) is 1. The van der Waals surface area contributed by atoms with Crippen molar-refractivity contribution in [1.82, 2.24) is 29.7 Å². The molecule has 0 aliphatic heterocycles. The third-order valence-electron chi connectivity index (χ3n) is 5.40. The Morgan fingerprint density at radius 2 is 1.74 bits per heavy atom. The first kappa shape index (κ1) is 28.8. The van der Waals surface area contributed by atoms with Crippen molar-refractivity contribution in [2.24, 2.45) is 0 Å². The first-order valence-corrected chi connectivity index (χ1v) is 13.8. The fourth-order valence-electron chi connectivity index (χ4n) is 3.63. The van der Waals surface area contributed by atoms with Crippen molar-refractivity contribution in [3.8, 4) is 0 Å². The van der Waals surface area contributed by atoms with Crippen molar-refractivity contribution in [2.75, 3.05) is 18.9 Å². The average Bonchev–Trinajstić information content (AvgIpc) is 3.26. The van der Waals surface area contributed by atoms with E-state index in [0.717, 1.165) is 5.56 Å². The Bertz CT molecular complexity index is 1400. The summed E-state index contributed by atoms with van der Waals surface area (Å²) in [5, 5.41) is 5.55. The van der Waals surface area contributed by atoms with E-state index in [1.54, 1.807) is 24.5 Å². The highest BCUT2D eigenvalue weighted by Gasteiger charge is 2.29. The van der Waals surface area contributed by atoms with Crippen LogP contribution in [-0.4, -0.2) is 56.8 Å². The van der Waals surface area contributed by atoms with Crippen LogP contribution in [0.15, 0.2) is 41.2 Å². The van der Waals surface area contributed by atoms with Gasteiger partial charge in [0.2, 0.25) is 13.4 Å². The number of ether oxygens (including phenoxy) is 2. The maximum Gasteiger partial charge on any atom is 0.323 e. The van der Waals surface area contributed by atoms with Crippen LogP contribution in [0.25, 0.3) is 17.2 Å². The van der Waals surface area contributed by atoms with Gasteiger partial charge in [0.05, 0.1) is 26.1 Å². The molecule has 5 N–H and O–H groups in total. The van der Waals surface area contributed by atoms with Gasteiger partial charge in [-0.25, -0.2) is 15.2 Å². The molecule has 1 aromatic carbocycles. The fraction of sp³-hybridized carbons (Fsp3) is 0.375. The van der Waals surface area contributed by atoms with Gasteiger partial charge in [-0.05, 0) is 44.9 Å². The van der Waals surface area contributed by atoms with Crippen molar-refractivity contribution >= 4 is 42.6 Å². The molecule has 2 heterocycles. The quantitative estimate of drug-likeness (QED) is 0.193. The zero-order valence-electron chi connectivity index (χ0n) is 21.6. The number of rotatable bonds is 12. The summed E-state index contributed by atoms with van der Waals surface area (Å²) < 4.78 is 25.6. The molecule has 38 heavy (non-hydrogen) atoms. The highest BCUT2D eigenvalue weighted by Crippen LogP contribution is 2.40. The van der Waals surface area contributed by atoms with E-state index in [9.17, 15) is 18.9 Å². The number of benzene rings is 1. The zero-order valence-corrected chi connectivity index (χ0v) is 22.5. The molecular formula is C24H32N7O6P. The summed E-state index contributed by atoms with van der Waals surface area (Å²) in [6, 6.07) is 5.47. The molecule has 0 radical (unpaired) electrons. The molecule has 0 bridgehead atoms. The molecule has 2 aromatic heterocycles. The second-order valence-electron chi connectivity index (χ2n) is 8.37. The van der Waals surface area contributed by atoms with Crippen LogP contribution >= 0.6 is 7.44 Å². The van der Waals surface area contributed by atoms with E-state index < -0.39 is 37.0 Å². The Morgan fingerprint density at radius 3 is 2.34 bits per heavy atom. The number of carbonyl (C=O) groups excluding carboxylic acids is 2. The van der Waals surface area contributed by atoms with Gasteiger partial charge in [-0.1, -0.05) is 24.3 Å². The molecule has 0 aliphatic carbocycles. The predicted molar refractivity (Wildman–Crippen MR) is 143 cm³/mol. The minimum Gasteiger partial charge on any atom is -0.465 e. The maximum absolute atomic E-state index is 13.9. The van der Waals surface area contributed by atoms with E-state index in [-0.39, 0.29) is 31.2 Å².